The summed E-state index contributed by atoms with van der Waals surface area (Å²) in [6.45, 7) is 2.29. The molecule has 1 aliphatic rings. The summed E-state index contributed by atoms with van der Waals surface area (Å²) in [4.78, 5) is 7.69. The summed E-state index contributed by atoms with van der Waals surface area (Å²) in [5.74, 6) is 6.82. The van der Waals surface area contributed by atoms with Gasteiger partial charge in [0.25, 0.3) is 0 Å². The van der Waals surface area contributed by atoms with Crippen LogP contribution in [0.2, 0.25) is 0 Å². The van der Waals surface area contributed by atoms with Crippen LogP contribution < -0.4 is 0 Å². The Morgan fingerprint density at radius 3 is 2.50 bits per heavy atom. The third-order valence-electron chi connectivity index (χ3n) is 5.13. The van der Waals surface area contributed by atoms with E-state index in [0.717, 1.165) is 11.5 Å². The lowest BCUT2D eigenvalue weighted by molar-refractivity contribution is 0.319. The van der Waals surface area contributed by atoms with E-state index in [9.17, 15) is 4.39 Å². The van der Waals surface area contributed by atoms with Crippen molar-refractivity contribution in [2.45, 2.75) is 44.9 Å². The topological polar surface area (TPSA) is 25.2 Å². The van der Waals surface area contributed by atoms with Crippen LogP contribution in [-0.2, 0) is 0 Å². The second-order valence-electron chi connectivity index (χ2n) is 6.72. The molecule has 2 nitrogen and oxygen atoms in total. The van der Waals surface area contributed by atoms with Gasteiger partial charge in [-0.1, -0.05) is 31.4 Å². The van der Waals surface area contributed by atoms with Gasteiger partial charge < -0.3 is 0 Å². The van der Waals surface area contributed by atoms with Gasteiger partial charge in [0.2, 0.25) is 0 Å². The van der Waals surface area contributed by atoms with Crippen molar-refractivity contribution in [3.05, 3.63) is 59.2 Å². The summed E-state index contributed by atoms with van der Waals surface area (Å²) in [5, 5.41) is 2.19. The standard InChI is InChI=1S/C22H21FN2S/c1-2-16-3-8-18(9-4-16)19-10-5-17(6-11-19)7-12-22-21(23)13-20(14-24-22)25-15-26/h5-6,10-11,13-14,16,18H,2-4,8-9H2,1H3. The number of halogens is 1. The minimum absolute atomic E-state index is 0.107. The van der Waals surface area contributed by atoms with Crippen molar-refractivity contribution < 1.29 is 4.39 Å². The molecule has 0 atom stereocenters. The summed E-state index contributed by atoms with van der Waals surface area (Å²) < 4.78 is 14.0. The van der Waals surface area contributed by atoms with Crippen molar-refractivity contribution in [3.63, 3.8) is 0 Å². The van der Waals surface area contributed by atoms with Crippen molar-refractivity contribution in [2.75, 3.05) is 0 Å². The highest BCUT2D eigenvalue weighted by molar-refractivity contribution is 7.78. The second-order valence-corrected chi connectivity index (χ2v) is 6.91. The monoisotopic (exact) mass is 364 g/mol. The Hall–Kier alpha value is -2.34. The minimum Gasteiger partial charge on any atom is -0.242 e. The molecule has 0 aliphatic heterocycles. The molecule has 26 heavy (non-hydrogen) atoms. The molecular weight excluding hydrogens is 343 g/mol. The van der Waals surface area contributed by atoms with E-state index < -0.39 is 5.82 Å². The Bertz CT molecular complexity index is 865. The van der Waals surface area contributed by atoms with Crippen molar-refractivity contribution in [1.82, 2.24) is 4.98 Å². The van der Waals surface area contributed by atoms with E-state index in [1.54, 1.807) is 0 Å². The molecule has 1 heterocycles. The van der Waals surface area contributed by atoms with Crippen LogP contribution in [0.5, 0.6) is 0 Å². The van der Waals surface area contributed by atoms with E-state index in [4.69, 9.17) is 0 Å². The molecule has 1 saturated carbocycles. The third-order valence-corrected chi connectivity index (χ3v) is 5.22. The Morgan fingerprint density at radius 2 is 1.88 bits per heavy atom. The van der Waals surface area contributed by atoms with Gasteiger partial charge in [0.15, 0.2) is 5.82 Å². The molecule has 4 heteroatoms. The van der Waals surface area contributed by atoms with Gasteiger partial charge in [-0.25, -0.2) is 9.37 Å². The van der Waals surface area contributed by atoms with Crippen LogP contribution in [0, 0.1) is 23.6 Å². The lowest BCUT2D eigenvalue weighted by atomic mass is 9.78. The molecule has 0 amide bonds. The molecule has 3 rings (SSSR count). The summed E-state index contributed by atoms with van der Waals surface area (Å²) in [6, 6.07) is 9.59. The summed E-state index contributed by atoms with van der Waals surface area (Å²) in [6.07, 6.45) is 7.94. The molecule has 0 N–H and O–H groups in total. The molecule has 2 aromatic rings. The van der Waals surface area contributed by atoms with Gasteiger partial charge >= 0.3 is 0 Å². The van der Waals surface area contributed by atoms with E-state index in [1.165, 1.54) is 49.9 Å². The number of rotatable bonds is 3. The molecule has 1 aromatic carbocycles. The van der Waals surface area contributed by atoms with Crippen LogP contribution in [0.3, 0.4) is 0 Å². The first-order valence-corrected chi connectivity index (χ1v) is 9.45. The van der Waals surface area contributed by atoms with E-state index in [-0.39, 0.29) is 5.69 Å². The SMILES string of the molecule is CCC1CCC(c2ccc(C#Cc3ncc(N=C=S)cc3F)cc2)CC1. The van der Waals surface area contributed by atoms with Crippen molar-refractivity contribution >= 4 is 23.1 Å². The van der Waals surface area contributed by atoms with Gasteiger partial charge in [-0.05, 0) is 73.4 Å². The first-order valence-electron chi connectivity index (χ1n) is 9.05. The quantitative estimate of drug-likeness (QED) is 0.377. The smallest absolute Gasteiger partial charge is 0.159 e. The average molecular weight is 364 g/mol. The summed E-state index contributed by atoms with van der Waals surface area (Å²) in [7, 11) is 0. The van der Waals surface area contributed by atoms with E-state index in [0.29, 0.717) is 11.6 Å². The molecular formula is C22H21FN2S. The van der Waals surface area contributed by atoms with Crippen LogP contribution in [0.1, 0.15) is 61.8 Å². The van der Waals surface area contributed by atoms with Gasteiger partial charge in [0, 0.05) is 11.6 Å². The Labute approximate surface area is 159 Å². The molecule has 1 aliphatic carbocycles. The molecule has 0 unspecified atom stereocenters. The molecule has 0 spiro atoms. The fourth-order valence-corrected chi connectivity index (χ4v) is 3.61. The molecule has 0 saturated heterocycles. The van der Waals surface area contributed by atoms with E-state index in [1.807, 2.05) is 12.1 Å². The third kappa shape index (κ3) is 4.64. The maximum absolute atomic E-state index is 14.0. The largest absolute Gasteiger partial charge is 0.242 e. The summed E-state index contributed by atoms with van der Waals surface area (Å²) in [5.41, 5.74) is 2.69. The number of isothiocyanates is 1. The number of aliphatic imine (C=N–C) groups is 1. The van der Waals surface area contributed by atoms with Crippen molar-refractivity contribution in [2.24, 2.45) is 10.9 Å². The van der Waals surface area contributed by atoms with Gasteiger partial charge in [0.05, 0.1) is 17.0 Å². The summed E-state index contributed by atoms with van der Waals surface area (Å²) >= 11 is 4.50. The first-order chi connectivity index (χ1) is 12.7. The maximum Gasteiger partial charge on any atom is 0.159 e. The number of pyridine rings is 1. The lowest BCUT2D eigenvalue weighted by Gasteiger charge is -2.28. The van der Waals surface area contributed by atoms with E-state index in [2.05, 4.69) is 58.3 Å². The van der Waals surface area contributed by atoms with Gasteiger partial charge in [-0.3, -0.25) is 0 Å². The van der Waals surface area contributed by atoms with E-state index >= 15 is 0 Å². The Balaban J connectivity index is 1.69. The Kier molecular flexibility index (Phi) is 6.28. The average Bonchev–Trinajstić information content (AvgIpc) is 2.68. The maximum atomic E-state index is 14.0. The predicted molar refractivity (Wildman–Crippen MR) is 106 cm³/mol. The highest BCUT2D eigenvalue weighted by Gasteiger charge is 2.20. The van der Waals surface area contributed by atoms with Gasteiger partial charge in [0.1, 0.15) is 5.69 Å². The normalized spacial score (nSPS) is 19.2. The fraction of sp³-hybridized carbons (Fsp3) is 0.364. The van der Waals surface area contributed by atoms with Crippen molar-refractivity contribution in [1.29, 1.82) is 0 Å². The molecule has 0 radical (unpaired) electrons. The zero-order valence-corrected chi connectivity index (χ0v) is 15.7. The van der Waals surface area contributed by atoms with Crippen LogP contribution in [0.15, 0.2) is 41.5 Å². The fourth-order valence-electron chi connectivity index (χ4n) is 3.51. The molecule has 0 bridgehead atoms. The zero-order chi connectivity index (χ0) is 18.4. The molecule has 1 fully saturated rings. The molecule has 1 aromatic heterocycles. The highest BCUT2D eigenvalue weighted by atomic mass is 32.1. The van der Waals surface area contributed by atoms with Crippen molar-refractivity contribution in [3.8, 4) is 11.8 Å². The second kappa shape index (κ2) is 8.85. The van der Waals surface area contributed by atoms with Crippen LogP contribution in [0.4, 0.5) is 10.1 Å². The Morgan fingerprint density at radius 1 is 1.15 bits per heavy atom. The van der Waals surface area contributed by atoms with Gasteiger partial charge in [-0.2, -0.15) is 4.99 Å². The number of hydrogen-bond acceptors (Lipinski definition) is 3. The number of aromatic nitrogens is 1. The van der Waals surface area contributed by atoms with Crippen LogP contribution in [0.25, 0.3) is 0 Å². The number of nitrogens with zero attached hydrogens (tertiary/aromatic N) is 2. The van der Waals surface area contributed by atoms with Gasteiger partial charge in [-0.15, -0.1) is 0 Å². The first kappa shape index (κ1) is 18.5. The number of benzene rings is 1. The highest BCUT2D eigenvalue weighted by Crippen LogP contribution is 2.36. The van der Waals surface area contributed by atoms with Crippen LogP contribution >= 0.6 is 12.2 Å². The molecule has 132 valence electrons. The minimum atomic E-state index is -0.506. The van der Waals surface area contributed by atoms with Crippen LogP contribution in [-0.4, -0.2) is 10.1 Å². The predicted octanol–water partition coefficient (Wildman–Crippen LogP) is 6.04. The number of thiocarbonyl (C=S) groups is 1. The lowest BCUT2D eigenvalue weighted by Crippen LogP contribution is -2.12. The zero-order valence-electron chi connectivity index (χ0n) is 14.8. The number of hydrogen-bond donors (Lipinski definition) is 0.